The van der Waals surface area contributed by atoms with Gasteiger partial charge in [0, 0.05) is 67.6 Å². The predicted octanol–water partition coefficient (Wildman–Crippen LogP) is 12.9. The molecule has 0 fully saturated rings. The molecular formula is C54H33BN2O2. The van der Waals surface area contributed by atoms with Crippen LogP contribution in [0.5, 0.6) is 0 Å². The van der Waals surface area contributed by atoms with Crippen LogP contribution in [0.3, 0.4) is 0 Å². The molecule has 274 valence electrons. The van der Waals surface area contributed by atoms with Gasteiger partial charge in [-0.25, -0.2) is 0 Å². The fourth-order valence-corrected chi connectivity index (χ4v) is 9.94. The van der Waals surface area contributed by atoms with Gasteiger partial charge in [-0.3, -0.25) is 0 Å². The Balaban J connectivity index is 1.12. The third kappa shape index (κ3) is 4.67. The van der Waals surface area contributed by atoms with Crippen LogP contribution in [0.1, 0.15) is 0 Å². The van der Waals surface area contributed by atoms with Gasteiger partial charge >= 0.3 is 0 Å². The number of nitrogens with zero attached hydrogens (tertiary/aromatic N) is 2. The lowest BCUT2D eigenvalue weighted by Crippen LogP contribution is -2.61. The summed E-state index contributed by atoms with van der Waals surface area (Å²) in [5, 5.41) is 4.45. The molecule has 0 bridgehead atoms. The molecule has 0 saturated heterocycles. The van der Waals surface area contributed by atoms with Crippen LogP contribution >= 0.6 is 0 Å². The molecule has 0 saturated carbocycles. The molecular weight excluding hydrogens is 719 g/mol. The van der Waals surface area contributed by atoms with Crippen molar-refractivity contribution in [2.75, 3.05) is 9.80 Å². The van der Waals surface area contributed by atoms with Gasteiger partial charge in [-0.1, -0.05) is 140 Å². The summed E-state index contributed by atoms with van der Waals surface area (Å²) in [7, 11) is 0. The lowest BCUT2D eigenvalue weighted by Gasteiger charge is -2.44. The summed E-state index contributed by atoms with van der Waals surface area (Å²) >= 11 is 0. The number of rotatable bonds is 4. The molecule has 4 heterocycles. The second kappa shape index (κ2) is 12.4. The topological polar surface area (TPSA) is 32.8 Å². The number of para-hydroxylation sites is 4. The van der Waals surface area contributed by atoms with Gasteiger partial charge in [-0.2, -0.15) is 0 Å². The van der Waals surface area contributed by atoms with Crippen molar-refractivity contribution >= 4 is 101 Å². The number of benzene rings is 9. The molecule has 0 N–H and O–H groups in total. The van der Waals surface area contributed by atoms with Crippen molar-refractivity contribution in [3.05, 3.63) is 200 Å². The lowest BCUT2D eigenvalue weighted by atomic mass is 9.33. The summed E-state index contributed by atoms with van der Waals surface area (Å²) in [6.07, 6.45) is 0. The highest BCUT2D eigenvalue weighted by molar-refractivity contribution is 7.00. The number of anilines is 6. The van der Waals surface area contributed by atoms with Crippen LogP contribution in [-0.2, 0) is 0 Å². The number of hydrogen-bond donors (Lipinski definition) is 0. The minimum Gasteiger partial charge on any atom is -0.456 e. The first-order valence-corrected chi connectivity index (χ1v) is 20.2. The molecule has 2 aliphatic heterocycles. The van der Waals surface area contributed by atoms with Crippen molar-refractivity contribution < 1.29 is 8.83 Å². The van der Waals surface area contributed by atoms with Crippen LogP contribution in [-0.4, -0.2) is 6.71 Å². The molecule has 0 amide bonds. The summed E-state index contributed by atoms with van der Waals surface area (Å²) in [6.45, 7) is 0.00585. The maximum absolute atomic E-state index is 6.62. The second-order valence-corrected chi connectivity index (χ2v) is 15.6. The average molecular weight is 753 g/mol. The summed E-state index contributed by atoms with van der Waals surface area (Å²) < 4.78 is 13.2. The first-order valence-electron chi connectivity index (χ1n) is 20.2. The SMILES string of the molecule is c1ccc(-c2cc3c(cc2N2c4ccccc4B4c5ccccc5N(c5cc6oc7ccccc7c6cc5-c5ccccc5)c5cccc2c54)oc2ccccc23)cc1. The number of furan rings is 2. The fraction of sp³-hybridized carbons (Fsp3) is 0. The van der Waals surface area contributed by atoms with E-state index in [1.165, 1.54) is 16.4 Å². The van der Waals surface area contributed by atoms with Crippen molar-refractivity contribution in [1.29, 1.82) is 0 Å². The first kappa shape index (κ1) is 32.3. The van der Waals surface area contributed by atoms with Crippen LogP contribution < -0.4 is 26.2 Å². The fourth-order valence-electron chi connectivity index (χ4n) is 9.94. The third-order valence-corrected chi connectivity index (χ3v) is 12.4. The molecule has 0 spiro atoms. The standard InChI is InChI=1S/C54H33BN2O2/c1-3-16-34(17-4-1)38-30-40-36-20-7-13-28-50(36)58-52(40)32-48(38)56-44-24-11-9-22-42(44)55-43-23-10-12-25-45(43)57(47-27-15-26-46(56)54(47)55)49-33-53-41(37-21-8-14-29-51(37)59-53)31-39(49)35-18-5-2-6-19-35/h1-33H. The Hall–Kier alpha value is -7.76. The van der Waals surface area contributed by atoms with E-state index in [2.05, 4.69) is 198 Å². The molecule has 59 heavy (non-hydrogen) atoms. The summed E-state index contributed by atoms with van der Waals surface area (Å²) in [4.78, 5) is 4.96. The predicted molar refractivity (Wildman–Crippen MR) is 246 cm³/mol. The zero-order chi connectivity index (χ0) is 38.6. The van der Waals surface area contributed by atoms with Crippen LogP contribution in [0.25, 0.3) is 66.1 Å². The van der Waals surface area contributed by atoms with Gasteiger partial charge in [0.1, 0.15) is 22.3 Å². The third-order valence-electron chi connectivity index (χ3n) is 12.4. The van der Waals surface area contributed by atoms with E-state index < -0.39 is 0 Å². The maximum atomic E-state index is 6.62. The Labute approximate surface area is 340 Å². The van der Waals surface area contributed by atoms with Crippen molar-refractivity contribution in [1.82, 2.24) is 0 Å². The molecule has 9 aromatic carbocycles. The van der Waals surface area contributed by atoms with E-state index in [9.17, 15) is 0 Å². The number of hydrogen-bond acceptors (Lipinski definition) is 4. The Kier molecular flexibility index (Phi) is 6.78. The van der Waals surface area contributed by atoms with Gasteiger partial charge in [0.25, 0.3) is 6.71 Å². The smallest absolute Gasteiger partial charge is 0.252 e. The van der Waals surface area contributed by atoms with E-state index in [1.807, 2.05) is 12.1 Å². The van der Waals surface area contributed by atoms with E-state index in [-0.39, 0.29) is 6.71 Å². The molecule has 13 rings (SSSR count). The molecule has 0 atom stereocenters. The van der Waals surface area contributed by atoms with Crippen molar-refractivity contribution in [2.45, 2.75) is 0 Å². The summed E-state index contributed by atoms with van der Waals surface area (Å²) in [6, 6.07) is 72.1. The van der Waals surface area contributed by atoms with Gasteiger partial charge < -0.3 is 18.6 Å². The minimum absolute atomic E-state index is 0.00585. The highest BCUT2D eigenvalue weighted by Gasteiger charge is 2.43. The first-order chi connectivity index (χ1) is 29.3. The molecule has 2 aromatic heterocycles. The molecule has 5 heteroatoms. The Morgan fingerprint density at radius 1 is 0.305 bits per heavy atom. The normalized spacial score (nSPS) is 13.0. The summed E-state index contributed by atoms with van der Waals surface area (Å²) in [5.41, 5.74) is 18.6. The van der Waals surface area contributed by atoms with Crippen molar-refractivity contribution in [3.63, 3.8) is 0 Å². The van der Waals surface area contributed by atoms with E-state index in [0.717, 1.165) is 100 Å². The monoisotopic (exact) mass is 752 g/mol. The van der Waals surface area contributed by atoms with Crippen LogP contribution in [0.2, 0.25) is 0 Å². The second-order valence-electron chi connectivity index (χ2n) is 15.6. The van der Waals surface area contributed by atoms with E-state index >= 15 is 0 Å². The van der Waals surface area contributed by atoms with Crippen LogP contribution in [0.4, 0.5) is 34.1 Å². The molecule has 2 aliphatic rings. The zero-order valence-electron chi connectivity index (χ0n) is 31.8. The summed E-state index contributed by atoms with van der Waals surface area (Å²) in [5.74, 6) is 0. The minimum atomic E-state index is 0.00585. The van der Waals surface area contributed by atoms with E-state index in [1.54, 1.807) is 0 Å². The maximum Gasteiger partial charge on any atom is 0.252 e. The Bertz CT molecular complexity index is 3250. The lowest BCUT2D eigenvalue weighted by molar-refractivity contribution is 0.668. The highest BCUT2D eigenvalue weighted by atomic mass is 16.3. The highest BCUT2D eigenvalue weighted by Crippen LogP contribution is 2.50. The van der Waals surface area contributed by atoms with Crippen molar-refractivity contribution in [2.24, 2.45) is 0 Å². The largest absolute Gasteiger partial charge is 0.456 e. The molecule has 11 aromatic rings. The quantitative estimate of drug-likeness (QED) is 0.168. The van der Waals surface area contributed by atoms with Gasteiger partial charge in [0.05, 0.1) is 11.4 Å². The zero-order valence-corrected chi connectivity index (χ0v) is 31.8. The molecule has 0 unspecified atom stereocenters. The van der Waals surface area contributed by atoms with Gasteiger partial charge in [0.2, 0.25) is 0 Å². The van der Waals surface area contributed by atoms with Crippen molar-refractivity contribution in [3.8, 4) is 22.3 Å². The average Bonchev–Trinajstić information content (AvgIpc) is 3.86. The Morgan fingerprint density at radius 3 is 1.20 bits per heavy atom. The van der Waals surface area contributed by atoms with E-state index in [4.69, 9.17) is 8.83 Å². The van der Waals surface area contributed by atoms with Crippen LogP contribution in [0.15, 0.2) is 209 Å². The van der Waals surface area contributed by atoms with Gasteiger partial charge in [0.15, 0.2) is 0 Å². The molecule has 4 nitrogen and oxygen atoms in total. The van der Waals surface area contributed by atoms with E-state index in [0.29, 0.717) is 0 Å². The van der Waals surface area contributed by atoms with Crippen LogP contribution in [0, 0.1) is 0 Å². The molecule has 0 aliphatic carbocycles. The van der Waals surface area contributed by atoms with Gasteiger partial charge in [-0.05, 0) is 76.0 Å². The Morgan fingerprint density at radius 2 is 0.712 bits per heavy atom. The number of fused-ring (bicyclic) bond motifs is 10. The van der Waals surface area contributed by atoms with Gasteiger partial charge in [-0.15, -0.1) is 0 Å². The molecule has 0 radical (unpaired) electrons.